The van der Waals surface area contributed by atoms with Gasteiger partial charge in [-0.15, -0.1) is 5.10 Å². The van der Waals surface area contributed by atoms with Gasteiger partial charge in [0.2, 0.25) is 0 Å². The van der Waals surface area contributed by atoms with Crippen molar-refractivity contribution in [3.05, 3.63) is 30.6 Å². The lowest BCUT2D eigenvalue weighted by molar-refractivity contribution is -0.137. The number of carbonyl (C=O) groups is 1. The first-order valence-electron chi connectivity index (χ1n) is 5.97. The standard InChI is InChI=1S/C12H15N5O2/c1-9(5-6-12(18)19)14-10-3-2-4-11(7-10)17-8-13-15-16-17/h2-4,7-9,14H,5-6H2,1H3,(H,18,19). The molecule has 0 saturated heterocycles. The Balaban J connectivity index is 2.01. The summed E-state index contributed by atoms with van der Waals surface area (Å²) in [6.07, 6.45) is 2.25. The maximum Gasteiger partial charge on any atom is 0.303 e. The lowest BCUT2D eigenvalue weighted by Crippen LogP contribution is -2.16. The lowest BCUT2D eigenvalue weighted by atomic mass is 10.1. The van der Waals surface area contributed by atoms with Gasteiger partial charge in [-0.3, -0.25) is 4.79 Å². The fourth-order valence-electron chi connectivity index (χ4n) is 1.71. The number of rotatable bonds is 6. The fraction of sp³-hybridized carbons (Fsp3) is 0.333. The average Bonchev–Trinajstić information content (AvgIpc) is 2.90. The van der Waals surface area contributed by atoms with Crippen molar-refractivity contribution in [1.82, 2.24) is 20.2 Å². The summed E-state index contributed by atoms with van der Waals surface area (Å²) in [4.78, 5) is 10.5. The number of anilines is 1. The van der Waals surface area contributed by atoms with Crippen molar-refractivity contribution in [1.29, 1.82) is 0 Å². The molecule has 0 aliphatic heterocycles. The number of nitrogens with zero attached hydrogens (tertiary/aromatic N) is 4. The number of nitrogens with one attached hydrogen (secondary N) is 1. The van der Waals surface area contributed by atoms with Gasteiger partial charge in [-0.2, -0.15) is 0 Å². The molecule has 0 aliphatic rings. The van der Waals surface area contributed by atoms with Gasteiger partial charge in [-0.25, -0.2) is 4.68 Å². The molecule has 2 aromatic rings. The summed E-state index contributed by atoms with van der Waals surface area (Å²) in [6.45, 7) is 1.95. The molecule has 0 amide bonds. The molecule has 19 heavy (non-hydrogen) atoms. The minimum absolute atomic E-state index is 0.0835. The molecule has 2 N–H and O–H groups in total. The van der Waals surface area contributed by atoms with Crippen LogP contribution in [0.1, 0.15) is 19.8 Å². The molecule has 7 heteroatoms. The second-order valence-corrected chi connectivity index (χ2v) is 4.28. The Morgan fingerprint density at radius 3 is 3.05 bits per heavy atom. The number of benzene rings is 1. The largest absolute Gasteiger partial charge is 0.481 e. The van der Waals surface area contributed by atoms with Crippen molar-refractivity contribution >= 4 is 11.7 Å². The fourth-order valence-corrected chi connectivity index (χ4v) is 1.71. The Bertz CT molecular complexity index is 541. The minimum Gasteiger partial charge on any atom is -0.481 e. The van der Waals surface area contributed by atoms with E-state index in [1.54, 1.807) is 4.68 Å². The highest BCUT2D eigenvalue weighted by atomic mass is 16.4. The summed E-state index contributed by atoms with van der Waals surface area (Å²) in [7, 11) is 0. The van der Waals surface area contributed by atoms with Crippen molar-refractivity contribution < 1.29 is 9.90 Å². The Labute approximate surface area is 110 Å². The van der Waals surface area contributed by atoms with Gasteiger partial charge >= 0.3 is 5.97 Å². The normalized spacial score (nSPS) is 12.1. The van der Waals surface area contributed by atoms with Gasteiger partial charge in [-0.05, 0) is 42.0 Å². The Morgan fingerprint density at radius 2 is 2.37 bits per heavy atom. The molecule has 0 spiro atoms. The van der Waals surface area contributed by atoms with Crippen LogP contribution in [-0.2, 0) is 4.79 Å². The van der Waals surface area contributed by atoms with E-state index in [4.69, 9.17) is 5.11 Å². The van der Waals surface area contributed by atoms with Crippen molar-refractivity contribution in [3.63, 3.8) is 0 Å². The highest BCUT2D eigenvalue weighted by molar-refractivity contribution is 5.66. The summed E-state index contributed by atoms with van der Waals surface area (Å²) in [5.74, 6) is -0.781. The van der Waals surface area contributed by atoms with Crippen LogP contribution in [0.5, 0.6) is 0 Å². The Hall–Kier alpha value is -2.44. The summed E-state index contributed by atoms with van der Waals surface area (Å²) in [5.41, 5.74) is 1.76. The van der Waals surface area contributed by atoms with E-state index >= 15 is 0 Å². The van der Waals surface area contributed by atoms with Gasteiger partial charge in [0.1, 0.15) is 6.33 Å². The second kappa shape index (κ2) is 5.94. The van der Waals surface area contributed by atoms with Crippen LogP contribution in [0.15, 0.2) is 30.6 Å². The van der Waals surface area contributed by atoms with Gasteiger partial charge in [0.05, 0.1) is 5.69 Å². The molecule has 0 saturated carbocycles. The number of aliphatic carboxylic acids is 1. The molecule has 1 aromatic carbocycles. The molecule has 7 nitrogen and oxygen atoms in total. The van der Waals surface area contributed by atoms with Crippen LogP contribution in [0.2, 0.25) is 0 Å². The highest BCUT2D eigenvalue weighted by Crippen LogP contribution is 2.15. The first-order chi connectivity index (χ1) is 9.15. The van der Waals surface area contributed by atoms with Gasteiger partial charge in [-0.1, -0.05) is 6.07 Å². The second-order valence-electron chi connectivity index (χ2n) is 4.28. The Kier molecular flexibility index (Phi) is 4.07. The first-order valence-corrected chi connectivity index (χ1v) is 5.97. The maximum absolute atomic E-state index is 10.5. The number of hydrogen-bond donors (Lipinski definition) is 2. The lowest BCUT2D eigenvalue weighted by Gasteiger charge is -2.14. The van der Waals surface area contributed by atoms with Crippen molar-refractivity contribution in [2.45, 2.75) is 25.8 Å². The monoisotopic (exact) mass is 261 g/mol. The molecule has 1 aromatic heterocycles. The molecular formula is C12H15N5O2. The number of carboxylic acids is 1. The predicted molar refractivity (Wildman–Crippen MR) is 69.1 cm³/mol. The summed E-state index contributed by atoms with van der Waals surface area (Å²) < 4.78 is 1.56. The molecule has 100 valence electrons. The predicted octanol–water partition coefficient (Wildman–Crippen LogP) is 1.33. The molecule has 0 fully saturated rings. The van der Waals surface area contributed by atoms with E-state index in [0.29, 0.717) is 6.42 Å². The van der Waals surface area contributed by atoms with Crippen molar-refractivity contribution in [3.8, 4) is 5.69 Å². The topological polar surface area (TPSA) is 92.9 Å². The summed E-state index contributed by atoms with van der Waals surface area (Å²) in [6, 6.07) is 7.70. The van der Waals surface area contributed by atoms with Crippen LogP contribution < -0.4 is 5.32 Å². The number of carboxylic acid groups (broad SMARTS) is 1. The van der Waals surface area contributed by atoms with Crippen molar-refractivity contribution in [2.24, 2.45) is 0 Å². The third-order valence-electron chi connectivity index (χ3n) is 2.66. The maximum atomic E-state index is 10.5. The molecule has 0 bridgehead atoms. The third kappa shape index (κ3) is 3.77. The van der Waals surface area contributed by atoms with Crippen LogP contribution in [0, 0.1) is 0 Å². The molecule has 0 aliphatic carbocycles. The zero-order chi connectivity index (χ0) is 13.7. The van der Waals surface area contributed by atoms with Crippen LogP contribution in [0.4, 0.5) is 5.69 Å². The van der Waals surface area contributed by atoms with Crippen LogP contribution in [-0.4, -0.2) is 37.3 Å². The summed E-state index contributed by atoms with van der Waals surface area (Å²) in [5, 5.41) is 22.9. The van der Waals surface area contributed by atoms with E-state index in [2.05, 4.69) is 20.8 Å². The van der Waals surface area contributed by atoms with Gasteiger partial charge in [0, 0.05) is 18.2 Å². The number of hydrogen-bond acceptors (Lipinski definition) is 5. The molecule has 0 radical (unpaired) electrons. The number of aromatic nitrogens is 4. The quantitative estimate of drug-likeness (QED) is 0.814. The molecule has 1 heterocycles. The molecule has 1 unspecified atom stereocenters. The van der Waals surface area contributed by atoms with Gasteiger partial charge in [0.15, 0.2) is 0 Å². The Morgan fingerprint density at radius 1 is 1.53 bits per heavy atom. The van der Waals surface area contributed by atoms with E-state index in [9.17, 15) is 4.79 Å². The molecule has 2 rings (SSSR count). The zero-order valence-corrected chi connectivity index (χ0v) is 10.5. The first kappa shape index (κ1) is 13.0. The molecular weight excluding hydrogens is 246 g/mol. The smallest absolute Gasteiger partial charge is 0.303 e. The van der Waals surface area contributed by atoms with Crippen molar-refractivity contribution in [2.75, 3.05) is 5.32 Å². The van der Waals surface area contributed by atoms with E-state index in [1.807, 2.05) is 31.2 Å². The zero-order valence-electron chi connectivity index (χ0n) is 10.5. The van der Waals surface area contributed by atoms with E-state index in [0.717, 1.165) is 11.4 Å². The van der Waals surface area contributed by atoms with Crippen LogP contribution in [0.25, 0.3) is 5.69 Å². The van der Waals surface area contributed by atoms with E-state index in [-0.39, 0.29) is 12.5 Å². The number of tetrazole rings is 1. The summed E-state index contributed by atoms with van der Waals surface area (Å²) >= 11 is 0. The SMILES string of the molecule is CC(CCC(=O)O)Nc1cccc(-n2cnnn2)c1. The minimum atomic E-state index is -0.781. The van der Waals surface area contributed by atoms with Crippen LogP contribution >= 0.6 is 0 Å². The van der Waals surface area contributed by atoms with Crippen LogP contribution in [0.3, 0.4) is 0 Å². The molecule has 1 atom stereocenters. The van der Waals surface area contributed by atoms with E-state index < -0.39 is 5.97 Å². The average molecular weight is 261 g/mol. The van der Waals surface area contributed by atoms with E-state index in [1.165, 1.54) is 6.33 Å². The highest BCUT2D eigenvalue weighted by Gasteiger charge is 2.06. The van der Waals surface area contributed by atoms with Gasteiger partial charge < -0.3 is 10.4 Å². The third-order valence-corrected chi connectivity index (χ3v) is 2.66. The van der Waals surface area contributed by atoms with Gasteiger partial charge in [0.25, 0.3) is 0 Å².